The summed E-state index contributed by atoms with van der Waals surface area (Å²) >= 11 is 0. The molecule has 230 valence electrons. The summed E-state index contributed by atoms with van der Waals surface area (Å²) in [7, 11) is 0. The predicted octanol–water partition coefficient (Wildman–Crippen LogP) is 12.8. The van der Waals surface area contributed by atoms with Crippen molar-refractivity contribution in [3.05, 3.63) is 170 Å². The number of hydrogen-bond donors (Lipinski definition) is 0. The van der Waals surface area contributed by atoms with Gasteiger partial charge in [-0.25, -0.2) is 0 Å². The van der Waals surface area contributed by atoms with E-state index in [4.69, 9.17) is 8.83 Å². The molecule has 7 aromatic carbocycles. The van der Waals surface area contributed by atoms with Crippen molar-refractivity contribution in [3.63, 3.8) is 0 Å². The van der Waals surface area contributed by atoms with Crippen LogP contribution in [0, 0.1) is 0 Å². The Morgan fingerprint density at radius 3 is 1.92 bits per heavy atom. The molecular weight excluding hydrogens is 601 g/mol. The molecule has 10 rings (SSSR count). The molecule has 0 bridgehead atoms. The van der Waals surface area contributed by atoms with Crippen LogP contribution in [0.15, 0.2) is 179 Å². The van der Waals surface area contributed by atoms with E-state index in [1.807, 2.05) is 36.7 Å². The van der Waals surface area contributed by atoms with Crippen LogP contribution in [0.25, 0.3) is 76.9 Å². The van der Waals surface area contributed by atoms with Crippen molar-refractivity contribution in [3.8, 4) is 22.3 Å². The molecule has 0 saturated heterocycles. The number of rotatable bonds is 5. The highest BCUT2D eigenvalue weighted by Crippen LogP contribution is 2.47. The Kier molecular flexibility index (Phi) is 6.15. The van der Waals surface area contributed by atoms with Crippen molar-refractivity contribution in [1.82, 2.24) is 4.98 Å². The van der Waals surface area contributed by atoms with Crippen LogP contribution in [0.2, 0.25) is 0 Å². The summed E-state index contributed by atoms with van der Waals surface area (Å²) in [5, 5.41) is 6.65. The highest BCUT2D eigenvalue weighted by molar-refractivity contribution is 6.25. The van der Waals surface area contributed by atoms with E-state index in [0.717, 1.165) is 88.4 Å². The second kappa shape index (κ2) is 11.0. The number of para-hydroxylation sites is 1. The summed E-state index contributed by atoms with van der Waals surface area (Å²) in [5.41, 5.74) is 11.0. The Hall–Kier alpha value is -6.65. The molecule has 0 amide bonds. The van der Waals surface area contributed by atoms with Crippen LogP contribution in [0.3, 0.4) is 0 Å². The third-order valence-electron chi connectivity index (χ3n) is 9.55. The van der Waals surface area contributed by atoms with Gasteiger partial charge in [0.15, 0.2) is 0 Å². The zero-order valence-corrected chi connectivity index (χ0v) is 26.4. The van der Waals surface area contributed by atoms with Gasteiger partial charge >= 0.3 is 0 Å². The Morgan fingerprint density at radius 2 is 1.08 bits per heavy atom. The van der Waals surface area contributed by atoms with Crippen molar-refractivity contribution in [2.24, 2.45) is 0 Å². The fraction of sp³-hybridized carbons (Fsp3) is 0. The van der Waals surface area contributed by atoms with Gasteiger partial charge in [0.25, 0.3) is 0 Å². The third-order valence-corrected chi connectivity index (χ3v) is 9.55. The molecular formula is C45H28N2O2. The van der Waals surface area contributed by atoms with Crippen molar-refractivity contribution >= 4 is 71.7 Å². The highest BCUT2D eigenvalue weighted by atomic mass is 16.3. The van der Waals surface area contributed by atoms with E-state index in [-0.39, 0.29) is 0 Å². The topological polar surface area (TPSA) is 42.4 Å². The van der Waals surface area contributed by atoms with Crippen LogP contribution in [-0.4, -0.2) is 4.98 Å². The standard InChI is InChI=1S/C45H28N2O2/c1-2-10-29(11-3-1)30-19-21-32(22-20-30)47(33-23-24-37-36-14-6-7-17-40(36)48-42(37)26-33)39-27-43-45(38-15-5-4-13-35(38)39)44-34(16-8-18-41(44)49-43)31-12-9-25-46-28-31/h1-28H. The van der Waals surface area contributed by atoms with Gasteiger partial charge in [0.2, 0.25) is 0 Å². The van der Waals surface area contributed by atoms with Gasteiger partial charge in [0.05, 0.1) is 5.69 Å². The molecule has 0 spiro atoms. The van der Waals surface area contributed by atoms with Crippen molar-refractivity contribution in [1.29, 1.82) is 0 Å². The third kappa shape index (κ3) is 4.42. The number of fused-ring (bicyclic) bond motifs is 8. The first kappa shape index (κ1) is 27.5. The summed E-state index contributed by atoms with van der Waals surface area (Å²) in [5.74, 6) is 0. The lowest BCUT2D eigenvalue weighted by atomic mass is 9.96. The molecule has 0 aliphatic carbocycles. The van der Waals surface area contributed by atoms with Crippen LogP contribution in [0.5, 0.6) is 0 Å². The van der Waals surface area contributed by atoms with Gasteiger partial charge < -0.3 is 13.7 Å². The first-order valence-electron chi connectivity index (χ1n) is 16.4. The number of anilines is 3. The fourth-order valence-electron chi connectivity index (χ4n) is 7.32. The molecule has 0 saturated carbocycles. The van der Waals surface area contributed by atoms with Crippen LogP contribution in [0.1, 0.15) is 0 Å². The zero-order chi connectivity index (χ0) is 32.3. The Balaban J connectivity index is 1.24. The van der Waals surface area contributed by atoms with Crippen LogP contribution in [-0.2, 0) is 0 Å². The lowest BCUT2D eigenvalue weighted by molar-refractivity contribution is 0.669. The molecule has 10 aromatic rings. The van der Waals surface area contributed by atoms with Gasteiger partial charge in [-0.1, -0.05) is 103 Å². The zero-order valence-electron chi connectivity index (χ0n) is 26.4. The molecule has 0 unspecified atom stereocenters. The SMILES string of the molecule is c1ccc(-c2ccc(N(c3ccc4c(c3)oc3ccccc34)c3cc4oc5cccc(-c6cccnc6)c5c4c4ccccc34)cc2)cc1. The first-order chi connectivity index (χ1) is 24.3. The smallest absolute Gasteiger partial charge is 0.138 e. The maximum Gasteiger partial charge on any atom is 0.138 e. The van der Waals surface area contributed by atoms with E-state index < -0.39 is 0 Å². The molecule has 49 heavy (non-hydrogen) atoms. The summed E-state index contributed by atoms with van der Waals surface area (Å²) in [6, 6.07) is 55.2. The van der Waals surface area contributed by atoms with E-state index in [2.05, 4.69) is 143 Å². The van der Waals surface area contributed by atoms with E-state index >= 15 is 0 Å². The number of pyridine rings is 1. The monoisotopic (exact) mass is 628 g/mol. The van der Waals surface area contributed by atoms with Gasteiger partial charge in [-0.15, -0.1) is 0 Å². The van der Waals surface area contributed by atoms with Crippen molar-refractivity contribution in [2.45, 2.75) is 0 Å². The lowest BCUT2D eigenvalue weighted by Crippen LogP contribution is -2.10. The molecule has 0 aliphatic rings. The molecule has 0 atom stereocenters. The molecule has 0 radical (unpaired) electrons. The average molecular weight is 629 g/mol. The minimum atomic E-state index is 0.829. The highest BCUT2D eigenvalue weighted by Gasteiger charge is 2.22. The molecule has 0 N–H and O–H groups in total. The summed E-state index contributed by atoms with van der Waals surface area (Å²) in [6.45, 7) is 0. The largest absolute Gasteiger partial charge is 0.456 e. The Bertz CT molecular complexity index is 2820. The van der Waals surface area contributed by atoms with Gasteiger partial charge in [-0.05, 0) is 64.5 Å². The fourth-order valence-corrected chi connectivity index (χ4v) is 7.32. The van der Waals surface area contributed by atoms with E-state index in [0.29, 0.717) is 0 Å². The Morgan fingerprint density at radius 1 is 0.408 bits per heavy atom. The molecule has 3 heterocycles. The van der Waals surface area contributed by atoms with Crippen molar-refractivity contribution < 1.29 is 8.83 Å². The van der Waals surface area contributed by atoms with E-state index in [1.165, 1.54) is 5.56 Å². The van der Waals surface area contributed by atoms with Crippen molar-refractivity contribution in [2.75, 3.05) is 4.90 Å². The lowest BCUT2D eigenvalue weighted by Gasteiger charge is -2.27. The second-order valence-electron chi connectivity index (χ2n) is 12.4. The minimum absolute atomic E-state index is 0.829. The molecule has 4 heteroatoms. The second-order valence-corrected chi connectivity index (χ2v) is 12.4. The maximum absolute atomic E-state index is 6.71. The van der Waals surface area contributed by atoms with E-state index in [9.17, 15) is 0 Å². The van der Waals surface area contributed by atoms with Crippen LogP contribution >= 0.6 is 0 Å². The number of furan rings is 2. The number of benzene rings is 7. The quantitative estimate of drug-likeness (QED) is 0.190. The normalized spacial score (nSPS) is 11.7. The average Bonchev–Trinajstić information content (AvgIpc) is 3.74. The molecule has 3 aromatic heterocycles. The van der Waals surface area contributed by atoms with E-state index in [1.54, 1.807) is 0 Å². The van der Waals surface area contributed by atoms with Gasteiger partial charge in [-0.3, -0.25) is 4.98 Å². The summed E-state index contributed by atoms with van der Waals surface area (Å²) < 4.78 is 13.1. The minimum Gasteiger partial charge on any atom is -0.456 e. The van der Waals surface area contributed by atoms with Gasteiger partial charge in [-0.2, -0.15) is 0 Å². The maximum atomic E-state index is 6.71. The number of nitrogens with zero attached hydrogens (tertiary/aromatic N) is 2. The molecule has 4 nitrogen and oxygen atoms in total. The first-order valence-corrected chi connectivity index (χ1v) is 16.4. The van der Waals surface area contributed by atoms with Gasteiger partial charge in [0, 0.05) is 68.4 Å². The predicted molar refractivity (Wildman–Crippen MR) is 202 cm³/mol. The van der Waals surface area contributed by atoms with Gasteiger partial charge in [0.1, 0.15) is 22.3 Å². The molecule has 0 aliphatic heterocycles. The van der Waals surface area contributed by atoms with Crippen LogP contribution < -0.4 is 4.90 Å². The summed E-state index contributed by atoms with van der Waals surface area (Å²) in [6.07, 6.45) is 3.72. The summed E-state index contributed by atoms with van der Waals surface area (Å²) in [4.78, 5) is 6.73. The molecule has 0 fully saturated rings. The number of hydrogen-bond acceptors (Lipinski definition) is 4. The number of aromatic nitrogens is 1. The van der Waals surface area contributed by atoms with Crippen LogP contribution in [0.4, 0.5) is 17.1 Å². The Labute approximate surface area is 282 Å².